The molecular formula is C15H29N3. The largest absolute Gasteiger partial charge is 0.287 e. The van der Waals surface area contributed by atoms with Gasteiger partial charge in [0.05, 0.1) is 6.17 Å². The zero-order valence-corrected chi connectivity index (χ0v) is 11.8. The monoisotopic (exact) mass is 251 g/mol. The molecule has 0 bridgehead atoms. The van der Waals surface area contributed by atoms with E-state index in [0.29, 0.717) is 0 Å². The van der Waals surface area contributed by atoms with E-state index in [-0.39, 0.29) is 0 Å². The molecule has 1 unspecified atom stereocenters. The maximum absolute atomic E-state index is 2.78. The lowest BCUT2D eigenvalue weighted by atomic mass is 10.1. The first-order valence-electron chi connectivity index (χ1n) is 8.21. The Balaban J connectivity index is 1.68. The standard InChI is InChI=1S/C15H29N3/c1-3-9-15(16-10-4-2-5-11-16)18(14-6-1)17-12-7-8-13-17/h15H,1-14H2. The number of likely N-dealkylation sites (tertiary alicyclic amines) is 1. The van der Waals surface area contributed by atoms with Crippen LogP contribution in [0.1, 0.15) is 57.8 Å². The highest BCUT2D eigenvalue weighted by Gasteiger charge is 2.32. The molecule has 18 heavy (non-hydrogen) atoms. The van der Waals surface area contributed by atoms with Crippen LogP contribution in [-0.4, -0.2) is 53.8 Å². The Hall–Kier alpha value is -0.120. The zero-order valence-electron chi connectivity index (χ0n) is 11.8. The zero-order chi connectivity index (χ0) is 12.2. The highest BCUT2D eigenvalue weighted by Crippen LogP contribution is 2.26. The minimum atomic E-state index is 0.728. The predicted octanol–water partition coefficient (Wildman–Crippen LogP) is 2.69. The summed E-state index contributed by atoms with van der Waals surface area (Å²) in [4.78, 5) is 2.78. The lowest BCUT2D eigenvalue weighted by Crippen LogP contribution is -2.55. The van der Waals surface area contributed by atoms with Gasteiger partial charge in [-0.05, 0) is 51.6 Å². The molecule has 0 aromatic carbocycles. The van der Waals surface area contributed by atoms with Crippen molar-refractivity contribution in [2.45, 2.75) is 64.0 Å². The van der Waals surface area contributed by atoms with E-state index in [4.69, 9.17) is 0 Å². The van der Waals surface area contributed by atoms with E-state index < -0.39 is 0 Å². The molecule has 3 nitrogen and oxygen atoms in total. The summed E-state index contributed by atoms with van der Waals surface area (Å²) < 4.78 is 0. The van der Waals surface area contributed by atoms with E-state index in [0.717, 1.165) is 6.17 Å². The van der Waals surface area contributed by atoms with Gasteiger partial charge in [-0.1, -0.05) is 19.3 Å². The Kier molecular flexibility index (Phi) is 4.55. The minimum Gasteiger partial charge on any atom is -0.287 e. The van der Waals surface area contributed by atoms with Gasteiger partial charge in [-0.2, -0.15) is 0 Å². The Morgan fingerprint density at radius 3 is 1.94 bits per heavy atom. The molecule has 0 aromatic heterocycles. The van der Waals surface area contributed by atoms with E-state index in [1.54, 1.807) is 0 Å². The molecule has 0 saturated carbocycles. The Labute approximate surface area is 112 Å². The number of hydrazine groups is 1. The summed E-state index contributed by atoms with van der Waals surface area (Å²) >= 11 is 0. The van der Waals surface area contributed by atoms with Crippen molar-refractivity contribution >= 4 is 0 Å². The lowest BCUT2D eigenvalue weighted by Gasteiger charge is -2.44. The second kappa shape index (κ2) is 6.36. The number of piperidine rings is 1. The summed E-state index contributed by atoms with van der Waals surface area (Å²) in [5.41, 5.74) is 0. The maximum atomic E-state index is 2.78. The van der Waals surface area contributed by atoms with Crippen molar-refractivity contribution in [3.05, 3.63) is 0 Å². The Morgan fingerprint density at radius 2 is 1.17 bits per heavy atom. The number of nitrogens with zero attached hydrogens (tertiary/aromatic N) is 3. The van der Waals surface area contributed by atoms with Crippen molar-refractivity contribution in [3.63, 3.8) is 0 Å². The molecule has 0 aliphatic carbocycles. The van der Waals surface area contributed by atoms with Gasteiger partial charge < -0.3 is 0 Å². The third kappa shape index (κ3) is 2.89. The highest BCUT2D eigenvalue weighted by atomic mass is 15.7. The molecular weight excluding hydrogens is 222 g/mol. The molecule has 3 aliphatic heterocycles. The molecule has 3 heterocycles. The van der Waals surface area contributed by atoms with Gasteiger partial charge in [0.1, 0.15) is 0 Å². The highest BCUT2D eigenvalue weighted by molar-refractivity contribution is 4.79. The number of rotatable bonds is 2. The summed E-state index contributed by atoms with van der Waals surface area (Å²) in [6.45, 7) is 6.61. The molecule has 0 radical (unpaired) electrons. The molecule has 3 heteroatoms. The van der Waals surface area contributed by atoms with Gasteiger partial charge in [0, 0.05) is 19.6 Å². The van der Waals surface area contributed by atoms with Crippen LogP contribution in [0.25, 0.3) is 0 Å². The Morgan fingerprint density at radius 1 is 0.556 bits per heavy atom. The van der Waals surface area contributed by atoms with Crippen molar-refractivity contribution in [2.24, 2.45) is 0 Å². The van der Waals surface area contributed by atoms with Crippen molar-refractivity contribution < 1.29 is 0 Å². The quantitative estimate of drug-likeness (QED) is 0.747. The topological polar surface area (TPSA) is 9.72 Å². The van der Waals surface area contributed by atoms with Gasteiger partial charge in [0.2, 0.25) is 0 Å². The van der Waals surface area contributed by atoms with E-state index in [2.05, 4.69) is 14.9 Å². The molecule has 0 N–H and O–H groups in total. The van der Waals surface area contributed by atoms with Crippen LogP contribution in [0.5, 0.6) is 0 Å². The SMILES string of the molecule is C1CCN(C2CCCCCN2N2CCCC2)CC1. The predicted molar refractivity (Wildman–Crippen MR) is 75.2 cm³/mol. The third-order valence-corrected chi connectivity index (χ3v) is 4.95. The van der Waals surface area contributed by atoms with Crippen molar-refractivity contribution in [1.82, 2.24) is 14.9 Å². The minimum absolute atomic E-state index is 0.728. The van der Waals surface area contributed by atoms with Crippen LogP contribution in [0.15, 0.2) is 0 Å². The molecule has 3 fully saturated rings. The third-order valence-electron chi connectivity index (χ3n) is 4.95. The Bertz CT molecular complexity index is 244. The summed E-state index contributed by atoms with van der Waals surface area (Å²) in [6, 6.07) is 0. The second-order valence-electron chi connectivity index (χ2n) is 6.25. The van der Waals surface area contributed by atoms with Gasteiger partial charge in [0.25, 0.3) is 0 Å². The fraction of sp³-hybridized carbons (Fsp3) is 1.00. The molecule has 0 amide bonds. The lowest BCUT2D eigenvalue weighted by molar-refractivity contribution is -0.104. The van der Waals surface area contributed by atoms with Crippen LogP contribution in [0.2, 0.25) is 0 Å². The number of hydrogen-bond donors (Lipinski definition) is 0. The first-order valence-corrected chi connectivity index (χ1v) is 8.21. The van der Waals surface area contributed by atoms with E-state index in [1.807, 2.05) is 0 Å². The smallest absolute Gasteiger partial charge is 0.0760 e. The van der Waals surface area contributed by atoms with Crippen LogP contribution in [0, 0.1) is 0 Å². The van der Waals surface area contributed by atoms with Crippen LogP contribution in [-0.2, 0) is 0 Å². The van der Waals surface area contributed by atoms with Crippen LogP contribution < -0.4 is 0 Å². The van der Waals surface area contributed by atoms with Gasteiger partial charge >= 0.3 is 0 Å². The molecule has 0 spiro atoms. The molecule has 3 aliphatic rings. The average molecular weight is 251 g/mol. The fourth-order valence-corrected chi connectivity index (χ4v) is 3.95. The average Bonchev–Trinajstić information content (AvgIpc) is 2.84. The summed E-state index contributed by atoms with van der Waals surface area (Å²) in [7, 11) is 0. The maximum Gasteiger partial charge on any atom is 0.0760 e. The van der Waals surface area contributed by atoms with Crippen LogP contribution in [0.3, 0.4) is 0 Å². The fourth-order valence-electron chi connectivity index (χ4n) is 3.95. The number of hydrogen-bond acceptors (Lipinski definition) is 3. The second-order valence-corrected chi connectivity index (χ2v) is 6.25. The van der Waals surface area contributed by atoms with Crippen LogP contribution >= 0.6 is 0 Å². The van der Waals surface area contributed by atoms with Gasteiger partial charge in [-0.25, -0.2) is 10.0 Å². The summed E-state index contributed by atoms with van der Waals surface area (Å²) in [6.07, 6.45) is 13.5. The molecule has 3 rings (SSSR count). The van der Waals surface area contributed by atoms with Gasteiger partial charge in [-0.15, -0.1) is 0 Å². The summed E-state index contributed by atoms with van der Waals surface area (Å²) in [5, 5.41) is 5.43. The van der Waals surface area contributed by atoms with E-state index in [9.17, 15) is 0 Å². The van der Waals surface area contributed by atoms with Crippen molar-refractivity contribution in [2.75, 3.05) is 32.7 Å². The van der Waals surface area contributed by atoms with Crippen molar-refractivity contribution in [3.8, 4) is 0 Å². The van der Waals surface area contributed by atoms with Crippen LogP contribution in [0.4, 0.5) is 0 Å². The van der Waals surface area contributed by atoms with Gasteiger partial charge in [0.15, 0.2) is 0 Å². The molecule has 0 aromatic rings. The molecule has 3 saturated heterocycles. The van der Waals surface area contributed by atoms with E-state index >= 15 is 0 Å². The summed E-state index contributed by atoms with van der Waals surface area (Å²) in [5.74, 6) is 0. The molecule has 104 valence electrons. The van der Waals surface area contributed by atoms with Gasteiger partial charge in [-0.3, -0.25) is 4.90 Å². The molecule has 1 atom stereocenters. The normalized spacial score (nSPS) is 33.7. The van der Waals surface area contributed by atoms with E-state index in [1.165, 1.54) is 90.5 Å². The first kappa shape index (κ1) is 12.9. The first-order chi connectivity index (χ1) is 8.95. The van der Waals surface area contributed by atoms with Crippen molar-refractivity contribution in [1.29, 1.82) is 0 Å².